The molecule has 0 spiro atoms. The van der Waals surface area contributed by atoms with E-state index in [0.29, 0.717) is 13.1 Å². The maximum atomic E-state index is 13.6. The van der Waals surface area contributed by atoms with Gasteiger partial charge in [-0.3, -0.25) is 0 Å². The molecule has 1 atom stereocenters. The summed E-state index contributed by atoms with van der Waals surface area (Å²) in [6.45, 7) is 5.36. The summed E-state index contributed by atoms with van der Waals surface area (Å²) in [6, 6.07) is -0.734. The first-order valence-corrected chi connectivity index (χ1v) is 9.60. The lowest BCUT2D eigenvalue weighted by Gasteiger charge is -2.39. The van der Waals surface area contributed by atoms with E-state index >= 15 is 0 Å². The molecule has 0 radical (unpaired) electrons. The Morgan fingerprint density at radius 1 is 0.833 bits per heavy atom. The largest absolute Gasteiger partial charge is 0.460 e. The maximum absolute atomic E-state index is 13.6. The standard InChI is InChI=1S/C12H20F9NOSi/c1-5-22(6-2)24(4,23-3)8-7-9(13,14)10(15,16)11(17,18)12(19,20)21/h5-8H2,1-4H3. The Balaban J connectivity index is 5.48. The van der Waals surface area contributed by atoms with Crippen molar-refractivity contribution in [2.24, 2.45) is 0 Å². The first kappa shape index (κ1) is 23.5. The second-order valence-electron chi connectivity index (χ2n) is 5.40. The van der Waals surface area contributed by atoms with Gasteiger partial charge in [-0.2, -0.15) is 39.5 Å². The first-order valence-electron chi connectivity index (χ1n) is 7.04. The molecule has 0 fully saturated rings. The van der Waals surface area contributed by atoms with Gasteiger partial charge >= 0.3 is 23.9 Å². The van der Waals surface area contributed by atoms with Crippen LogP contribution < -0.4 is 0 Å². The van der Waals surface area contributed by atoms with Gasteiger partial charge in [-0.15, -0.1) is 0 Å². The third kappa shape index (κ3) is 4.18. The van der Waals surface area contributed by atoms with E-state index in [9.17, 15) is 39.5 Å². The van der Waals surface area contributed by atoms with Gasteiger partial charge in [-0.05, 0) is 25.7 Å². The van der Waals surface area contributed by atoms with E-state index in [-0.39, 0.29) is 0 Å². The lowest BCUT2D eigenvalue weighted by molar-refractivity contribution is -0.396. The van der Waals surface area contributed by atoms with E-state index in [0.717, 1.165) is 7.11 Å². The normalized spacial score (nSPS) is 17.2. The molecule has 0 aromatic carbocycles. The van der Waals surface area contributed by atoms with Crippen LogP contribution in [-0.4, -0.2) is 57.2 Å². The van der Waals surface area contributed by atoms with Gasteiger partial charge in [0.15, 0.2) is 0 Å². The molecule has 0 saturated heterocycles. The second kappa shape index (κ2) is 7.40. The Bertz CT molecular complexity index is 412. The Morgan fingerprint density at radius 3 is 1.54 bits per heavy atom. The highest BCUT2D eigenvalue weighted by atomic mass is 28.4. The van der Waals surface area contributed by atoms with E-state index < -0.39 is 44.9 Å². The summed E-state index contributed by atoms with van der Waals surface area (Å²) in [6.07, 6.45) is -8.64. The van der Waals surface area contributed by atoms with Crippen molar-refractivity contribution in [3.8, 4) is 0 Å². The molecule has 0 aromatic heterocycles. The molecule has 0 rings (SSSR count). The lowest BCUT2D eigenvalue weighted by Crippen LogP contribution is -2.61. The van der Waals surface area contributed by atoms with Crippen molar-refractivity contribution in [3.05, 3.63) is 0 Å². The van der Waals surface area contributed by atoms with Crippen LogP contribution in [0.25, 0.3) is 0 Å². The fraction of sp³-hybridized carbons (Fsp3) is 1.00. The zero-order chi connectivity index (χ0) is 19.6. The van der Waals surface area contributed by atoms with Crippen molar-refractivity contribution in [1.82, 2.24) is 4.57 Å². The predicted octanol–water partition coefficient (Wildman–Crippen LogP) is 4.90. The van der Waals surface area contributed by atoms with Gasteiger partial charge in [-0.25, -0.2) is 0 Å². The summed E-state index contributed by atoms with van der Waals surface area (Å²) >= 11 is 0. The van der Waals surface area contributed by atoms with Crippen molar-refractivity contribution >= 4 is 8.48 Å². The second-order valence-corrected chi connectivity index (χ2v) is 9.29. The summed E-state index contributed by atoms with van der Waals surface area (Å²) in [5.74, 6) is -19.0. The molecule has 0 N–H and O–H groups in total. The Morgan fingerprint density at radius 2 is 1.25 bits per heavy atom. The van der Waals surface area contributed by atoms with Crippen LogP contribution in [0.2, 0.25) is 12.6 Å². The molecule has 0 bridgehead atoms. The van der Waals surface area contributed by atoms with Crippen LogP contribution in [0.3, 0.4) is 0 Å². The molecule has 0 heterocycles. The van der Waals surface area contributed by atoms with Gasteiger partial charge in [0.2, 0.25) is 0 Å². The molecule has 12 heteroatoms. The van der Waals surface area contributed by atoms with Gasteiger partial charge in [0.25, 0.3) is 8.48 Å². The minimum Gasteiger partial charge on any atom is -0.406 e. The van der Waals surface area contributed by atoms with Gasteiger partial charge in [0, 0.05) is 13.5 Å². The van der Waals surface area contributed by atoms with Crippen molar-refractivity contribution in [3.63, 3.8) is 0 Å². The van der Waals surface area contributed by atoms with Crippen molar-refractivity contribution in [2.75, 3.05) is 20.2 Å². The zero-order valence-electron chi connectivity index (χ0n) is 13.6. The highest BCUT2D eigenvalue weighted by molar-refractivity contribution is 6.69. The molecule has 0 aliphatic heterocycles. The Labute approximate surface area is 135 Å². The number of nitrogens with zero attached hydrogens (tertiary/aromatic N) is 1. The molecule has 24 heavy (non-hydrogen) atoms. The van der Waals surface area contributed by atoms with Crippen molar-refractivity contribution in [2.45, 2.75) is 56.8 Å². The Kier molecular flexibility index (Phi) is 7.25. The highest BCUT2D eigenvalue weighted by Crippen LogP contribution is 2.54. The molecule has 0 aromatic rings. The molecule has 0 saturated carbocycles. The van der Waals surface area contributed by atoms with Crippen LogP contribution in [0, 0.1) is 0 Å². The summed E-state index contributed by atoms with van der Waals surface area (Å²) in [5, 5.41) is 0. The molecule has 146 valence electrons. The lowest BCUT2D eigenvalue weighted by atomic mass is 10.0. The third-order valence-corrected chi connectivity index (χ3v) is 8.01. The monoisotopic (exact) mass is 393 g/mol. The number of halogens is 9. The van der Waals surface area contributed by atoms with E-state index in [4.69, 9.17) is 4.43 Å². The fourth-order valence-electron chi connectivity index (χ4n) is 2.24. The number of hydrogen-bond acceptors (Lipinski definition) is 2. The molecular weight excluding hydrogens is 373 g/mol. The minimum absolute atomic E-state index is 0.327. The number of alkyl halides is 9. The van der Waals surface area contributed by atoms with E-state index in [1.807, 2.05) is 0 Å². The summed E-state index contributed by atoms with van der Waals surface area (Å²) in [7, 11) is -1.99. The van der Waals surface area contributed by atoms with E-state index in [2.05, 4.69) is 0 Å². The topological polar surface area (TPSA) is 12.5 Å². The zero-order valence-corrected chi connectivity index (χ0v) is 14.6. The molecule has 1 unspecified atom stereocenters. The minimum atomic E-state index is -6.84. The van der Waals surface area contributed by atoms with Gasteiger partial charge in [0.05, 0.1) is 0 Å². The maximum Gasteiger partial charge on any atom is 0.460 e. The van der Waals surface area contributed by atoms with E-state index in [1.165, 1.54) is 6.55 Å². The summed E-state index contributed by atoms with van der Waals surface area (Å²) in [5.41, 5.74) is 0. The number of rotatable bonds is 9. The molecule has 0 aliphatic rings. The van der Waals surface area contributed by atoms with Crippen LogP contribution in [0.15, 0.2) is 0 Å². The van der Waals surface area contributed by atoms with E-state index in [1.54, 1.807) is 18.4 Å². The molecular formula is C12H20F9NOSi. The van der Waals surface area contributed by atoms with Crippen molar-refractivity contribution in [1.29, 1.82) is 0 Å². The average Bonchev–Trinajstić information content (AvgIpc) is 2.44. The van der Waals surface area contributed by atoms with Crippen molar-refractivity contribution < 1.29 is 43.9 Å². The number of hydrogen-bond donors (Lipinski definition) is 0. The first-order chi connectivity index (χ1) is 10.5. The van der Waals surface area contributed by atoms with Crippen LogP contribution in [0.4, 0.5) is 39.5 Å². The third-order valence-electron chi connectivity index (χ3n) is 3.98. The highest BCUT2D eigenvalue weighted by Gasteiger charge is 2.81. The SMILES string of the molecule is CCN(CC)[Si](C)(CCC(F)(F)C(F)(F)C(F)(F)C(F)(F)F)OC. The van der Waals surface area contributed by atoms with Crippen LogP contribution in [0.5, 0.6) is 0 Å². The van der Waals surface area contributed by atoms with Gasteiger partial charge in [-0.1, -0.05) is 13.8 Å². The summed E-state index contributed by atoms with van der Waals surface area (Å²) < 4.78 is 122. The molecule has 0 aliphatic carbocycles. The molecule has 0 amide bonds. The van der Waals surface area contributed by atoms with Crippen LogP contribution in [-0.2, 0) is 4.43 Å². The fourth-order valence-corrected chi connectivity index (χ4v) is 5.13. The molecule has 2 nitrogen and oxygen atoms in total. The smallest absolute Gasteiger partial charge is 0.406 e. The van der Waals surface area contributed by atoms with Crippen LogP contribution >= 0.6 is 0 Å². The summed E-state index contributed by atoms with van der Waals surface area (Å²) in [4.78, 5) is 0. The van der Waals surface area contributed by atoms with Gasteiger partial charge in [0.1, 0.15) is 0 Å². The van der Waals surface area contributed by atoms with Crippen LogP contribution in [0.1, 0.15) is 20.3 Å². The predicted molar refractivity (Wildman–Crippen MR) is 71.9 cm³/mol. The average molecular weight is 393 g/mol. The quantitative estimate of drug-likeness (QED) is 0.408. The Hall–Kier alpha value is -0.493. The van der Waals surface area contributed by atoms with Gasteiger partial charge < -0.3 is 8.99 Å².